The summed E-state index contributed by atoms with van der Waals surface area (Å²) in [6.07, 6.45) is 3.46. The van der Waals surface area contributed by atoms with E-state index in [1.54, 1.807) is 0 Å². The number of nitrogens with one attached hydrogen (secondary N) is 1. The SMILES string of the molecule is CN(C1CCNCC1)n1cc(C(N)=O)ccc1=O. The van der Waals surface area contributed by atoms with Gasteiger partial charge in [-0.3, -0.25) is 9.59 Å². The standard InChI is InChI=1S/C12H18N4O2/c1-15(10-4-6-14-7-5-10)16-8-9(12(13)18)2-3-11(16)17/h2-3,8,10,14H,4-7H2,1H3,(H2,13,18). The van der Waals surface area contributed by atoms with Crippen LogP contribution in [0.5, 0.6) is 0 Å². The molecule has 0 aliphatic carbocycles. The molecule has 0 bridgehead atoms. The molecule has 0 atom stereocenters. The van der Waals surface area contributed by atoms with Crippen LogP contribution in [-0.4, -0.2) is 36.8 Å². The molecule has 18 heavy (non-hydrogen) atoms. The number of amides is 1. The molecule has 0 spiro atoms. The van der Waals surface area contributed by atoms with E-state index in [1.807, 2.05) is 12.1 Å². The van der Waals surface area contributed by atoms with Gasteiger partial charge in [-0.05, 0) is 32.0 Å². The minimum absolute atomic E-state index is 0.152. The normalized spacial score (nSPS) is 16.5. The van der Waals surface area contributed by atoms with Crippen molar-refractivity contribution in [3.8, 4) is 0 Å². The van der Waals surface area contributed by atoms with Gasteiger partial charge in [0.25, 0.3) is 5.56 Å². The minimum atomic E-state index is -0.525. The number of carbonyl (C=O) groups is 1. The second-order valence-electron chi connectivity index (χ2n) is 4.52. The highest BCUT2D eigenvalue weighted by Crippen LogP contribution is 2.08. The molecule has 2 heterocycles. The number of hydrogen-bond acceptors (Lipinski definition) is 4. The smallest absolute Gasteiger partial charge is 0.268 e. The average molecular weight is 250 g/mol. The van der Waals surface area contributed by atoms with Crippen LogP contribution in [-0.2, 0) is 0 Å². The number of carbonyl (C=O) groups excluding carboxylic acids is 1. The van der Waals surface area contributed by atoms with Gasteiger partial charge in [0.05, 0.1) is 5.56 Å². The lowest BCUT2D eigenvalue weighted by atomic mass is 10.1. The highest BCUT2D eigenvalue weighted by Gasteiger charge is 2.19. The molecule has 6 nitrogen and oxygen atoms in total. The van der Waals surface area contributed by atoms with Crippen LogP contribution in [0.15, 0.2) is 23.1 Å². The largest absolute Gasteiger partial charge is 0.366 e. The number of aromatic nitrogens is 1. The number of hydrogen-bond donors (Lipinski definition) is 2. The van der Waals surface area contributed by atoms with Crippen molar-refractivity contribution in [1.29, 1.82) is 0 Å². The fourth-order valence-electron chi connectivity index (χ4n) is 2.22. The lowest BCUT2D eigenvalue weighted by Crippen LogP contribution is -2.50. The van der Waals surface area contributed by atoms with Crippen molar-refractivity contribution in [3.63, 3.8) is 0 Å². The first-order valence-corrected chi connectivity index (χ1v) is 6.06. The highest BCUT2D eigenvalue weighted by atomic mass is 16.1. The average Bonchev–Trinajstić information content (AvgIpc) is 2.39. The van der Waals surface area contributed by atoms with Crippen LogP contribution in [0.4, 0.5) is 0 Å². The molecule has 0 radical (unpaired) electrons. The summed E-state index contributed by atoms with van der Waals surface area (Å²) in [5.74, 6) is -0.525. The maximum Gasteiger partial charge on any atom is 0.268 e. The Morgan fingerprint density at radius 3 is 2.72 bits per heavy atom. The Balaban J connectivity index is 2.28. The molecule has 1 aliphatic rings. The zero-order valence-corrected chi connectivity index (χ0v) is 10.4. The zero-order valence-electron chi connectivity index (χ0n) is 10.4. The van der Waals surface area contributed by atoms with Crippen LogP contribution in [0.2, 0.25) is 0 Å². The van der Waals surface area contributed by atoms with E-state index in [2.05, 4.69) is 5.32 Å². The summed E-state index contributed by atoms with van der Waals surface area (Å²) >= 11 is 0. The summed E-state index contributed by atoms with van der Waals surface area (Å²) in [5.41, 5.74) is 5.42. The van der Waals surface area contributed by atoms with Crippen LogP contribution in [0.25, 0.3) is 0 Å². The fraction of sp³-hybridized carbons (Fsp3) is 0.500. The molecule has 1 fully saturated rings. The van der Waals surface area contributed by atoms with Crippen molar-refractivity contribution in [1.82, 2.24) is 9.99 Å². The summed E-state index contributed by atoms with van der Waals surface area (Å²) in [7, 11) is 1.86. The monoisotopic (exact) mass is 250 g/mol. The second-order valence-corrected chi connectivity index (χ2v) is 4.52. The molecule has 1 aromatic rings. The van der Waals surface area contributed by atoms with Crippen molar-refractivity contribution in [2.45, 2.75) is 18.9 Å². The maximum absolute atomic E-state index is 11.8. The lowest BCUT2D eigenvalue weighted by molar-refractivity contribution is 0.0999. The van der Waals surface area contributed by atoms with E-state index in [1.165, 1.54) is 23.0 Å². The van der Waals surface area contributed by atoms with Gasteiger partial charge in [-0.1, -0.05) is 0 Å². The molecule has 1 amide bonds. The predicted octanol–water partition coefficient (Wildman–Crippen LogP) is -0.733. The Morgan fingerprint density at radius 1 is 1.44 bits per heavy atom. The number of primary amides is 1. The third-order valence-corrected chi connectivity index (χ3v) is 3.35. The van der Waals surface area contributed by atoms with Crippen molar-refractivity contribution in [2.24, 2.45) is 5.73 Å². The lowest BCUT2D eigenvalue weighted by Gasteiger charge is -2.34. The maximum atomic E-state index is 11.8. The molecule has 1 aliphatic heterocycles. The molecule has 6 heteroatoms. The summed E-state index contributed by atoms with van der Waals surface area (Å²) in [4.78, 5) is 23.0. The molecule has 0 unspecified atom stereocenters. The Bertz CT molecular complexity index is 491. The summed E-state index contributed by atoms with van der Waals surface area (Å²) < 4.78 is 1.47. The van der Waals surface area contributed by atoms with E-state index in [9.17, 15) is 9.59 Å². The van der Waals surface area contributed by atoms with Gasteiger partial charge < -0.3 is 16.1 Å². The van der Waals surface area contributed by atoms with Crippen LogP contribution in [0.1, 0.15) is 23.2 Å². The number of nitrogens with two attached hydrogens (primary N) is 1. The van der Waals surface area contributed by atoms with Gasteiger partial charge >= 0.3 is 0 Å². The van der Waals surface area contributed by atoms with Gasteiger partial charge in [0, 0.05) is 25.4 Å². The summed E-state index contributed by atoms with van der Waals surface area (Å²) in [6.45, 7) is 1.89. The zero-order chi connectivity index (χ0) is 13.1. The van der Waals surface area contributed by atoms with Crippen molar-refractivity contribution in [2.75, 3.05) is 25.1 Å². The summed E-state index contributed by atoms with van der Waals surface area (Å²) in [6, 6.07) is 3.13. The van der Waals surface area contributed by atoms with E-state index >= 15 is 0 Å². The third kappa shape index (κ3) is 2.53. The van der Waals surface area contributed by atoms with E-state index in [0.717, 1.165) is 25.9 Å². The Kier molecular flexibility index (Phi) is 3.66. The van der Waals surface area contributed by atoms with E-state index in [0.29, 0.717) is 11.6 Å². The van der Waals surface area contributed by atoms with Crippen LogP contribution < -0.4 is 21.6 Å². The van der Waals surface area contributed by atoms with Crippen molar-refractivity contribution >= 4 is 5.91 Å². The Hall–Kier alpha value is -1.82. The van der Waals surface area contributed by atoms with Crippen LogP contribution in [0.3, 0.4) is 0 Å². The predicted molar refractivity (Wildman–Crippen MR) is 69.3 cm³/mol. The van der Waals surface area contributed by atoms with Crippen molar-refractivity contribution < 1.29 is 4.79 Å². The first-order valence-electron chi connectivity index (χ1n) is 6.06. The Morgan fingerprint density at radius 2 is 2.11 bits per heavy atom. The molecular weight excluding hydrogens is 232 g/mol. The minimum Gasteiger partial charge on any atom is -0.366 e. The van der Waals surface area contributed by atoms with Gasteiger partial charge in [0.2, 0.25) is 5.91 Å². The van der Waals surface area contributed by atoms with Crippen LogP contribution in [0, 0.1) is 0 Å². The third-order valence-electron chi connectivity index (χ3n) is 3.35. The molecule has 0 aromatic carbocycles. The number of pyridine rings is 1. The fourth-order valence-corrected chi connectivity index (χ4v) is 2.22. The van der Waals surface area contributed by atoms with E-state index < -0.39 is 5.91 Å². The highest BCUT2D eigenvalue weighted by molar-refractivity contribution is 5.92. The van der Waals surface area contributed by atoms with Gasteiger partial charge in [0.1, 0.15) is 0 Å². The first kappa shape index (κ1) is 12.6. The van der Waals surface area contributed by atoms with Crippen molar-refractivity contribution in [3.05, 3.63) is 34.2 Å². The number of nitrogens with zero attached hydrogens (tertiary/aromatic N) is 2. The van der Waals surface area contributed by atoms with Gasteiger partial charge in [-0.2, -0.15) is 0 Å². The molecule has 98 valence electrons. The van der Waals surface area contributed by atoms with Crippen LogP contribution >= 0.6 is 0 Å². The second kappa shape index (κ2) is 5.22. The van der Waals surface area contributed by atoms with Gasteiger partial charge in [-0.25, -0.2) is 4.68 Å². The first-order chi connectivity index (χ1) is 8.59. The number of rotatable bonds is 3. The van der Waals surface area contributed by atoms with Gasteiger partial charge in [0.15, 0.2) is 0 Å². The quantitative estimate of drug-likeness (QED) is 0.741. The molecule has 0 saturated carbocycles. The molecule has 3 N–H and O–H groups in total. The Labute approximate surface area is 105 Å². The van der Waals surface area contributed by atoms with E-state index in [-0.39, 0.29) is 5.56 Å². The van der Waals surface area contributed by atoms with Gasteiger partial charge in [-0.15, -0.1) is 0 Å². The molecule has 1 saturated heterocycles. The number of piperidine rings is 1. The molecule has 1 aromatic heterocycles. The molecular formula is C12H18N4O2. The topological polar surface area (TPSA) is 80.4 Å². The molecule has 2 rings (SSSR count). The summed E-state index contributed by atoms with van der Waals surface area (Å²) in [5, 5.41) is 5.16. The van der Waals surface area contributed by atoms with E-state index in [4.69, 9.17) is 5.73 Å².